The van der Waals surface area contributed by atoms with Crippen molar-refractivity contribution < 1.29 is 4.74 Å². The average molecular weight is 428 g/mol. The van der Waals surface area contributed by atoms with Gasteiger partial charge in [0.15, 0.2) is 0 Å². The number of para-hydroxylation sites is 1. The van der Waals surface area contributed by atoms with Crippen LogP contribution in [-0.2, 0) is 12.3 Å². The Morgan fingerprint density at radius 1 is 0.697 bits per heavy atom. The molecule has 1 unspecified atom stereocenters. The van der Waals surface area contributed by atoms with Crippen molar-refractivity contribution in [1.29, 1.82) is 0 Å². The van der Waals surface area contributed by atoms with E-state index in [4.69, 9.17) is 4.74 Å². The van der Waals surface area contributed by atoms with Gasteiger partial charge in [0.25, 0.3) is 0 Å². The molecule has 2 heteroatoms. The number of benzene rings is 4. The summed E-state index contributed by atoms with van der Waals surface area (Å²) in [4.78, 5) is 0. The van der Waals surface area contributed by atoms with Gasteiger partial charge in [0.1, 0.15) is 5.75 Å². The Morgan fingerprint density at radius 3 is 2.03 bits per heavy atom. The number of hydrogen-bond acceptors (Lipinski definition) is 2. The molecule has 1 N–H and O–H groups in total. The Hall–Kier alpha value is -4.06. The lowest BCUT2D eigenvalue weighted by Gasteiger charge is -2.41. The molecule has 2 nitrogen and oxygen atoms in total. The highest BCUT2D eigenvalue weighted by Gasteiger charge is 2.41. The molecule has 0 spiro atoms. The Balaban J connectivity index is 1.67. The van der Waals surface area contributed by atoms with Crippen molar-refractivity contribution >= 4 is 5.57 Å². The summed E-state index contributed by atoms with van der Waals surface area (Å²) in [5, 5.41) is 3.74. The van der Waals surface area contributed by atoms with Gasteiger partial charge < -0.3 is 4.74 Å². The minimum atomic E-state index is -0.827. The lowest BCUT2D eigenvalue weighted by molar-refractivity contribution is 0.0618. The van der Waals surface area contributed by atoms with Crippen molar-refractivity contribution in [2.75, 3.05) is 0 Å². The molecule has 4 aromatic carbocycles. The Kier molecular flexibility index (Phi) is 5.81. The quantitative estimate of drug-likeness (QED) is 0.373. The number of fused-ring (bicyclic) bond motifs is 1. The third kappa shape index (κ3) is 4.20. The molecule has 33 heavy (non-hydrogen) atoms. The molecule has 1 aliphatic rings. The first-order valence-electron chi connectivity index (χ1n) is 11.2. The molecular weight excluding hydrogens is 402 g/mol. The molecule has 0 bridgehead atoms. The van der Waals surface area contributed by atoms with Crippen molar-refractivity contribution in [3.63, 3.8) is 0 Å². The van der Waals surface area contributed by atoms with Crippen LogP contribution in [0.25, 0.3) is 5.57 Å². The first-order chi connectivity index (χ1) is 16.3. The van der Waals surface area contributed by atoms with Crippen LogP contribution in [-0.4, -0.2) is 0 Å². The molecule has 1 heterocycles. The SMILES string of the molecule is CC1=C(C#Cc2ccccc2)c2ccccc2OC1(NCc1ccccc1)c1ccccc1. The fraction of sp³-hybridized carbons (Fsp3) is 0.0968. The van der Waals surface area contributed by atoms with Crippen LogP contribution in [0.15, 0.2) is 121 Å². The summed E-state index contributed by atoms with van der Waals surface area (Å²) in [7, 11) is 0. The van der Waals surface area contributed by atoms with E-state index < -0.39 is 5.72 Å². The predicted molar refractivity (Wildman–Crippen MR) is 134 cm³/mol. The molecule has 0 aliphatic carbocycles. The van der Waals surface area contributed by atoms with Gasteiger partial charge in [-0.25, -0.2) is 0 Å². The molecule has 5 rings (SSSR count). The molecule has 4 aromatic rings. The van der Waals surface area contributed by atoms with E-state index in [1.165, 1.54) is 5.56 Å². The highest BCUT2D eigenvalue weighted by atomic mass is 16.5. The Bertz CT molecular complexity index is 1330. The van der Waals surface area contributed by atoms with Crippen molar-refractivity contribution in [1.82, 2.24) is 5.32 Å². The van der Waals surface area contributed by atoms with Crippen LogP contribution in [0.2, 0.25) is 0 Å². The van der Waals surface area contributed by atoms with E-state index in [-0.39, 0.29) is 0 Å². The summed E-state index contributed by atoms with van der Waals surface area (Å²) in [6.07, 6.45) is 0. The maximum absolute atomic E-state index is 6.79. The highest BCUT2D eigenvalue weighted by molar-refractivity contribution is 5.87. The molecule has 0 radical (unpaired) electrons. The largest absolute Gasteiger partial charge is 0.464 e. The van der Waals surface area contributed by atoms with E-state index in [0.29, 0.717) is 6.54 Å². The third-order valence-electron chi connectivity index (χ3n) is 5.99. The smallest absolute Gasteiger partial charge is 0.211 e. The Morgan fingerprint density at radius 2 is 1.30 bits per heavy atom. The van der Waals surface area contributed by atoms with Gasteiger partial charge in [-0.3, -0.25) is 5.32 Å². The zero-order valence-electron chi connectivity index (χ0n) is 18.6. The van der Waals surface area contributed by atoms with E-state index in [1.54, 1.807) is 0 Å². The maximum Gasteiger partial charge on any atom is 0.211 e. The van der Waals surface area contributed by atoms with Crippen molar-refractivity contribution in [3.8, 4) is 17.6 Å². The predicted octanol–water partition coefficient (Wildman–Crippen LogP) is 6.55. The average Bonchev–Trinajstić information content (AvgIpc) is 2.89. The van der Waals surface area contributed by atoms with Gasteiger partial charge in [0.05, 0.1) is 0 Å². The number of ether oxygens (including phenoxy) is 1. The fourth-order valence-corrected chi connectivity index (χ4v) is 4.24. The monoisotopic (exact) mass is 427 g/mol. The van der Waals surface area contributed by atoms with Gasteiger partial charge >= 0.3 is 0 Å². The van der Waals surface area contributed by atoms with E-state index in [0.717, 1.165) is 33.6 Å². The molecular formula is C31H25NO. The van der Waals surface area contributed by atoms with E-state index in [1.807, 2.05) is 72.8 Å². The van der Waals surface area contributed by atoms with Crippen molar-refractivity contribution in [2.45, 2.75) is 19.2 Å². The number of rotatable bonds is 4. The summed E-state index contributed by atoms with van der Waals surface area (Å²) in [6, 6.07) is 39.0. The van der Waals surface area contributed by atoms with E-state index in [9.17, 15) is 0 Å². The summed E-state index contributed by atoms with van der Waals surface area (Å²) < 4.78 is 6.79. The van der Waals surface area contributed by atoms with Gasteiger partial charge in [0, 0.05) is 34.4 Å². The Labute approximate surface area is 195 Å². The molecule has 0 fully saturated rings. The highest BCUT2D eigenvalue weighted by Crippen LogP contribution is 2.44. The zero-order chi connectivity index (χ0) is 22.5. The van der Waals surface area contributed by atoms with Crippen LogP contribution in [0.4, 0.5) is 0 Å². The number of hydrogen-bond donors (Lipinski definition) is 1. The van der Waals surface area contributed by atoms with E-state index in [2.05, 4.69) is 66.5 Å². The second-order valence-electron chi connectivity index (χ2n) is 8.10. The molecule has 0 saturated heterocycles. The van der Waals surface area contributed by atoms with Crippen LogP contribution < -0.4 is 10.1 Å². The summed E-state index contributed by atoms with van der Waals surface area (Å²) in [6.45, 7) is 2.78. The molecule has 0 amide bonds. The standard InChI is InChI=1S/C31H25NO/c1-24-28(22-21-25-13-5-2-6-14-25)29-19-11-12-20-30(29)33-31(24,27-17-9-4-10-18-27)32-23-26-15-7-3-8-16-26/h2-20,32H,23H2,1H3. The van der Waals surface area contributed by atoms with Crippen molar-refractivity contribution in [3.05, 3.63) is 143 Å². The summed E-state index contributed by atoms with van der Waals surface area (Å²) >= 11 is 0. The van der Waals surface area contributed by atoms with Crippen LogP contribution in [0.1, 0.15) is 29.2 Å². The first kappa shape index (κ1) is 20.8. The van der Waals surface area contributed by atoms with E-state index >= 15 is 0 Å². The van der Waals surface area contributed by atoms with Gasteiger partial charge in [-0.2, -0.15) is 0 Å². The van der Waals surface area contributed by atoms with Gasteiger partial charge in [-0.15, -0.1) is 0 Å². The third-order valence-corrected chi connectivity index (χ3v) is 5.99. The molecule has 1 atom stereocenters. The minimum absolute atomic E-state index is 0.661. The minimum Gasteiger partial charge on any atom is -0.464 e. The van der Waals surface area contributed by atoms with Crippen LogP contribution >= 0.6 is 0 Å². The summed E-state index contributed by atoms with van der Waals surface area (Å²) in [5.41, 5.74) is 5.46. The van der Waals surface area contributed by atoms with Crippen LogP contribution in [0.3, 0.4) is 0 Å². The molecule has 1 aliphatic heterocycles. The number of allylic oxidation sites excluding steroid dienone is 1. The maximum atomic E-state index is 6.79. The topological polar surface area (TPSA) is 21.3 Å². The second-order valence-corrected chi connectivity index (χ2v) is 8.10. The van der Waals surface area contributed by atoms with Crippen LogP contribution in [0.5, 0.6) is 5.75 Å². The van der Waals surface area contributed by atoms with Gasteiger partial charge in [-0.05, 0) is 36.8 Å². The lowest BCUT2D eigenvalue weighted by atomic mass is 9.85. The fourth-order valence-electron chi connectivity index (χ4n) is 4.24. The molecule has 160 valence electrons. The number of nitrogens with one attached hydrogen (secondary N) is 1. The van der Waals surface area contributed by atoms with Crippen molar-refractivity contribution in [2.24, 2.45) is 0 Å². The van der Waals surface area contributed by atoms with Gasteiger partial charge in [0.2, 0.25) is 5.72 Å². The summed E-state index contributed by atoms with van der Waals surface area (Å²) in [5.74, 6) is 7.66. The normalized spacial score (nSPS) is 16.9. The molecule has 0 aromatic heterocycles. The zero-order valence-corrected chi connectivity index (χ0v) is 18.6. The molecule has 0 saturated carbocycles. The second kappa shape index (κ2) is 9.20. The lowest BCUT2D eigenvalue weighted by Crippen LogP contribution is -2.50. The van der Waals surface area contributed by atoms with Gasteiger partial charge in [-0.1, -0.05) is 103 Å². The van der Waals surface area contributed by atoms with Crippen LogP contribution in [0, 0.1) is 11.8 Å². The first-order valence-corrected chi connectivity index (χ1v) is 11.2.